The Morgan fingerprint density at radius 3 is 2.16 bits per heavy atom. The van der Waals surface area contributed by atoms with E-state index >= 15 is 0 Å². The van der Waals surface area contributed by atoms with Gasteiger partial charge in [0.05, 0.1) is 6.10 Å². The van der Waals surface area contributed by atoms with Crippen LogP contribution in [0.2, 0.25) is 16.6 Å². The third-order valence-electron chi connectivity index (χ3n) is 7.18. The van der Waals surface area contributed by atoms with Crippen LogP contribution in [-0.4, -0.2) is 25.5 Å². The highest BCUT2D eigenvalue weighted by atomic mass is 79.9. The Bertz CT molecular complexity index is 624. The second-order valence-electron chi connectivity index (χ2n) is 10.3. The number of Topliss-reactive ketones (excluding diaryl/α,β-unsaturated/α-hetero) is 1. The quantitative estimate of drug-likeness (QED) is 0.202. The number of rotatable bonds is 6. The third-order valence-corrected chi connectivity index (χ3v) is 14.0. The summed E-state index contributed by atoms with van der Waals surface area (Å²) in [4.78, 5) is 12.2. The number of hydrogen-bond acceptors (Lipinski definition) is 2. The molecule has 0 aromatic heterocycles. The summed E-state index contributed by atoms with van der Waals surface area (Å²) in [7, 11) is -1.95. The van der Waals surface area contributed by atoms with Crippen LogP contribution in [0.25, 0.3) is 0 Å². The standard InChI is InChI=1S/C27H47BrO2Si/c1-20(2)31(21(3)4,22(5)6)30-27-18-15-23(7)25(19-28)16-17-26(29)14-12-10-9-11-13-24(27)8/h9-11,13,20-22,24,27H,12,14-19H2,1-8H3/b10-9-,13-11+,25-23+/t24-,27-/m0/s1. The molecule has 1 aliphatic carbocycles. The summed E-state index contributed by atoms with van der Waals surface area (Å²) < 4.78 is 7.27. The first-order valence-corrected chi connectivity index (χ1v) is 15.6. The van der Waals surface area contributed by atoms with Gasteiger partial charge in [0.15, 0.2) is 0 Å². The Hall–Kier alpha value is -0.453. The predicted octanol–water partition coefficient (Wildman–Crippen LogP) is 8.93. The molecule has 0 radical (unpaired) electrons. The van der Waals surface area contributed by atoms with Crippen LogP contribution in [0.4, 0.5) is 0 Å². The highest BCUT2D eigenvalue weighted by Crippen LogP contribution is 2.44. The molecule has 0 bridgehead atoms. The molecule has 0 aromatic carbocycles. The number of allylic oxidation sites excluding steroid dienone is 5. The lowest BCUT2D eigenvalue weighted by molar-refractivity contribution is -0.118. The van der Waals surface area contributed by atoms with E-state index < -0.39 is 8.32 Å². The van der Waals surface area contributed by atoms with Crippen LogP contribution >= 0.6 is 15.9 Å². The molecule has 0 amide bonds. The van der Waals surface area contributed by atoms with Crippen molar-refractivity contribution in [2.75, 3.05) is 5.33 Å². The summed E-state index contributed by atoms with van der Waals surface area (Å²) in [5.74, 6) is 0.727. The van der Waals surface area contributed by atoms with Crippen LogP contribution < -0.4 is 0 Å². The first-order valence-electron chi connectivity index (χ1n) is 12.3. The summed E-state index contributed by atoms with van der Waals surface area (Å²) in [6.07, 6.45) is 14.0. The third kappa shape index (κ3) is 8.44. The Labute approximate surface area is 202 Å². The van der Waals surface area contributed by atoms with Gasteiger partial charge < -0.3 is 4.43 Å². The minimum Gasteiger partial charge on any atom is -0.413 e. The van der Waals surface area contributed by atoms with E-state index in [1.54, 1.807) is 0 Å². The van der Waals surface area contributed by atoms with E-state index in [9.17, 15) is 4.79 Å². The van der Waals surface area contributed by atoms with Crippen molar-refractivity contribution in [1.82, 2.24) is 0 Å². The molecule has 0 saturated heterocycles. The lowest BCUT2D eigenvalue weighted by atomic mass is 9.95. The summed E-state index contributed by atoms with van der Waals surface area (Å²) in [5.41, 5.74) is 4.57. The minimum atomic E-state index is -1.95. The normalized spacial score (nSPS) is 27.4. The molecular formula is C27H47BrO2Si. The maximum Gasteiger partial charge on any atom is 0.200 e. The number of hydrogen-bond donors (Lipinski definition) is 0. The second kappa shape index (κ2) is 13.9. The fourth-order valence-corrected chi connectivity index (χ4v) is 11.7. The fraction of sp³-hybridized carbons (Fsp3) is 0.741. The van der Waals surface area contributed by atoms with Crippen LogP contribution in [0.3, 0.4) is 0 Å². The van der Waals surface area contributed by atoms with Gasteiger partial charge in [0.1, 0.15) is 5.78 Å². The first kappa shape index (κ1) is 28.6. The summed E-state index contributed by atoms with van der Waals surface area (Å²) in [5, 5.41) is 0.857. The number of halogens is 1. The zero-order valence-corrected chi connectivity index (χ0v) is 23.9. The van der Waals surface area contributed by atoms with Crippen molar-refractivity contribution in [2.45, 2.75) is 117 Å². The number of carbonyl (C=O) groups excluding carboxylic acids is 1. The summed E-state index contributed by atoms with van der Waals surface area (Å²) in [6.45, 7) is 18.8. The fourth-order valence-electron chi connectivity index (χ4n) is 5.23. The first-order chi connectivity index (χ1) is 14.6. The van der Waals surface area contributed by atoms with E-state index in [-0.39, 0.29) is 6.10 Å². The Balaban J connectivity index is 3.27. The van der Waals surface area contributed by atoms with Gasteiger partial charge in [-0.05, 0) is 55.1 Å². The second-order valence-corrected chi connectivity index (χ2v) is 16.2. The van der Waals surface area contributed by atoms with Gasteiger partial charge in [-0.3, -0.25) is 4.79 Å². The molecule has 0 spiro atoms. The molecule has 2 atom stereocenters. The van der Waals surface area contributed by atoms with Crippen LogP contribution in [0.1, 0.15) is 93.9 Å². The van der Waals surface area contributed by atoms with E-state index in [2.05, 4.69) is 95.6 Å². The lowest BCUT2D eigenvalue weighted by Crippen LogP contribution is -2.51. The van der Waals surface area contributed by atoms with E-state index in [1.165, 1.54) is 11.1 Å². The van der Waals surface area contributed by atoms with E-state index in [1.807, 2.05) is 0 Å². The zero-order chi connectivity index (χ0) is 23.6. The Morgan fingerprint density at radius 2 is 1.61 bits per heavy atom. The molecule has 31 heavy (non-hydrogen) atoms. The predicted molar refractivity (Wildman–Crippen MR) is 143 cm³/mol. The van der Waals surface area contributed by atoms with Gasteiger partial charge in [-0.2, -0.15) is 0 Å². The van der Waals surface area contributed by atoms with Gasteiger partial charge in [0.25, 0.3) is 0 Å². The molecule has 0 N–H and O–H groups in total. The summed E-state index contributed by atoms with van der Waals surface area (Å²) in [6, 6.07) is 0. The monoisotopic (exact) mass is 510 g/mol. The van der Waals surface area contributed by atoms with Crippen molar-refractivity contribution in [3.05, 3.63) is 35.5 Å². The highest BCUT2D eigenvalue weighted by molar-refractivity contribution is 9.09. The largest absolute Gasteiger partial charge is 0.413 e. The van der Waals surface area contributed by atoms with E-state index in [0.717, 1.165) is 31.0 Å². The number of carbonyl (C=O) groups is 1. The maximum atomic E-state index is 12.2. The maximum absolute atomic E-state index is 12.2. The van der Waals surface area contributed by atoms with Gasteiger partial charge in [-0.15, -0.1) is 0 Å². The van der Waals surface area contributed by atoms with Gasteiger partial charge in [-0.1, -0.05) is 99.8 Å². The lowest BCUT2D eigenvalue weighted by Gasteiger charge is -2.45. The Morgan fingerprint density at radius 1 is 1.00 bits per heavy atom. The molecule has 0 fully saturated rings. The SMILES string of the molecule is C/C1=C(\CBr)CCC(=O)CC/C=C\C=C\[C@H](C)[C@@H](O[Si](C(C)C)(C(C)C)C(C)C)CC1. The molecule has 4 heteroatoms. The van der Waals surface area contributed by atoms with Crippen LogP contribution in [-0.2, 0) is 9.22 Å². The zero-order valence-electron chi connectivity index (χ0n) is 21.3. The van der Waals surface area contributed by atoms with Gasteiger partial charge in [0.2, 0.25) is 8.32 Å². The molecular weight excluding hydrogens is 464 g/mol. The van der Waals surface area contributed by atoms with Crippen molar-refractivity contribution in [2.24, 2.45) is 5.92 Å². The van der Waals surface area contributed by atoms with E-state index in [4.69, 9.17) is 4.43 Å². The van der Waals surface area contributed by atoms with Gasteiger partial charge in [-0.25, -0.2) is 0 Å². The molecule has 178 valence electrons. The van der Waals surface area contributed by atoms with Crippen LogP contribution in [0.15, 0.2) is 35.5 Å². The van der Waals surface area contributed by atoms with Crippen molar-refractivity contribution < 1.29 is 9.22 Å². The van der Waals surface area contributed by atoms with Crippen LogP contribution in [0.5, 0.6) is 0 Å². The van der Waals surface area contributed by atoms with Crippen LogP contribution in [0, 0.1) is 5.92 Å². The van der Waals surface area contributed by atoms with Gasteiger partial charge >= 0.3 is 0 Å². The average Bonchev–Trinajstić information content (AvgIpc) is 2.69. The molecule has 0 saturated carbocycles. The Kier molecular flexibility index (Phi) is 12.9. The molecule has 2 nitrogen and oxygen atoms in total. The van der Waals surface area contributed by atoms with Crippen molar-refractivity contribution in [1.29, 1.82) is 0 Å². The topological polar surface area (TPSA) is 26.3 Å². The van der Waals surface area contributed by atoms with Crippen molar-refractivity contribution in [3.63, 3.8) is 0 Å². The molecule has 0 aliphatic heterocycles. The summed E-state index contributed by atoms with van der Waals surface area (Å²) >= 11 is 3.67. The molecule has 0 aromatic rings. The average molecular weight is 512 g/mol. The molecule has 1 aliphatic rings. The van der Waals surface area contributed by atoms with Crippen molar-refractivity contribution >= 4 is 30.0 Å². The minimum absolute atomic E-state index is 0.224. The van der Waals surface area contributed by atoms with Crippen molar-refractivity contribution in [3.8, 4) is 0 Å². The van der Waals surface area contributed by atoms with Gasteiger partial charge in [0, 0.05) is 18.2 Å². The molecule has 1 rings (SSSR count). The smallest absolute Gasteiger partial charge is 0.200 e. The highest BCUT2D eigenvalue weighted by Gasteiger charge is 2.47. The molecule has 0 heterocycles. The number of alkyl halides is 1. The molecule has 0 unspecified atom stereocenters. The number of ketones is 1. The van der Waals surface area contributed by atoms with E-state index in [0.29, 0.717) is 41.2 Å².